The molecule has 1 aliphatic carbocycles. The number of aliphatic carboxylic acids is 1. The molecule has 1 saturated heterocycles. The third-order valence-electron chi connectivity index (χ3n) is 5.42. The van der Waals surface area contributed by atoms with Crippen LogP contribution in [0.5, 0.6) is 5.75 Å². The number of nitrogens with zero attached hydrogens (tertiary/aromatic N) is 1. The van der Waals surface area contributed by atoms with Gasteiger partial charge in [-0.3, -0.25) is 4.79 Å². The summed E-state index contributed by atoms with van der Waals surface area (Å²) in [4.78, 5) is 13.8. The van der Waals surface area contributed by atoms with Crippen molar-refractivity contribution in [3.05, 3.63) is 29.8 Å². The Morgan fingerprint density at radius 3 is 2.81 bits per heavy atom. The summed E-state index contributed by atoms with van der Waals surface area (Å²) in [5.41, 5.74) is -1.32. The van der Waals surface area contributed by atoms with Crippen molar-refractivity contribution in [2.45, 2.75) is 31.9 Å². The van der Waals surface area contributed by atoms with Crippen molar-refractivity contribution < 1.29 is 27.8 Å². The van der Waals surface area contributed by atoms with Crippen LogP contribution in [0.1, 0.15) is 31.2 Å². The highest BCUT2D eigenvalue weighted by molar-refractivity contribution is 5.85. The number of halogens is 4. The van der Waals surface area contributed by atoms with Crippen molar-refractivity contribution in [1.29, 1.82) is 0 Å². The first-order valence-electron chi connectivity index (χ1n) is 8.57. The lowest BCUT2D eigenvalue weighted by molar-refractivity contribution is -0.149. The summed E-state index contributed by atoms with van der Waals surface area (Å²) in [6, 6.07) is 4.85. The smallest absolute Gasteiger partial charge is 0.416 e. The van der Waals surface area contributed by atoms with E-state index in [1.54, 1.807) is 0 Å². The van der Waals surface area contributed by atoms with Gasteiger partial charge in [-0.05, 0) is 43.4 Å². The number of alkyl halides is 3. The van der Waals surface area contributed by atoms with Crippen LogP contribution >= 0.6 is 12.4 Å². The largest absolute Gasteiger partial charge is 0.494 e. The topological polar surface area (TPSA) is 49.8 Å². The van der Waals surface area contributed by atoms with Crippen molar-refractivity contribution in [3.63, 3.8) is 0 Å². The molecule has 0 radical (unpaired) electrons. The second kappa shape index (κ2) is 8.05. The highest BCUT2D eigenvalue weighted by Gasteiger charge is 2.54. The fourth-order valence-electron chi connectivity index (χ4n) is 4.15. The molecule has 4 nitrogen and oxygen atoms in total. The molecule has 1 aromatic carbocycles. The zero-order valence-corrected chi connectivity index (χ0v) is 15.1. The van der Waals surface area contributed by atoms with Crippen LogP contribution in [-0.4, -0.2) is 42.2 Å². The quantitative estimate of drug-likeness (QED) is 0.740. The average Bonchev–Trinajstić information content (AvgIpc) is 3.09. The molecule has 1 aliphatic heterocycles. The van der Waals surface area contributed by atoms with Gasteiger partial charge < -0.3 is 14.7 Å². The first-order valence-corrected chi connectivity index (χ1v) is 8.57. The number of hydrogen-bond donors (Lipinski definition) is 1. The summed E-state index contributed by atoms with van der Waals surface area (Å²) >= 11 is 0. The SMILES string of the molecule is Cl.O=C(O)[C@@]12CCC[C@H]1CN(CCCOc1cccc(C(F)(F)F)c1)C2. The normalized spacial score (nSPS) is 25.6. The second-order valence-electron chi connectivity index (χ2n) is 7.01. The van der Waals surface area contributed by atoms with Crippen LogP contribution in [0.25, 0.3) is 0 Å². The number of carboxylic acids is 1. The molecular formula is C18H23ClF3NO3. The van der Waals surface area contributed by atoms with E-state index >= 15 is 0 Å². The first kappa shape index (κ1) is 20.8. The molecule has 0 spiro atoms. The van der Waals surface area contributed by atoms with Crippen LogP contribution < -0.4 is 4.74 Å². The third kappa shape index (κ3) is 4.26. The predicted octanol–water partition coefficient (Wildman–Crippen LogP) is 4.08. The minimum absolute atomic E-state index is 0. The van der Waals surface area contributed by atoms with E-state index in [4.69, 9.17) is 4.74 Å². The Morgan fingerprint density at radius 2 is 2.15 bits per heavy atom. The number of carbonyl (C=O) groups is 1. The van der Waals surface area contributed by atoms with E-state index in [0.29, 0.717) is 26.1 Å². The lowest BCUT2D eigenvalue weighted by Gasteiger charge is -2.23. The summed E-state index contributed by atoms with van der Waals surface area (Å²) < 4.78 is 43.4. The van der Waals surface area contributed by atoms with E-state index in [1.165, 1.54) is 12.1 Å². The number of rotatable bonds is 6. The van der Waals surface area contributed by atoms with E-state index in [-0.39, 0.29) is 24.1 Å². The number of fused-ring (bicyclic) bond motifs is 1. The summed E-state index contributed by atoms with van der Waals surface area (Å²) in [6.07, 6.45) is -1.05. The molecule has 1 N–H and O–H groups in total. The van der Waals surface area contributed by atoms with Gasteiger partial charge in [0.15, 0.2) is 0 Å². The van der Waals surface area contributed by atoms with Gasteiger partial charge in [0.1, 0.15) is 5.75 Å². The van der Waals surface area contributed by atoms with Crippen LogP contribution in [0.4, 0.5) is 13.2 Å². The summed E-state index contributed by atoms with van der Waals surface area (Å²) in [5, 5.41) is 9.56. The molecule has 3 rings (SSSR count). The molecule has 146 valence electrons. The maximum atomic E-state index is 12.7. The Kier molecular flexibility index (Phi) is 6.45. The highest BCUT2D eigenvalue weighted by Crippen LogP contribution is 2.48. The van der Waals surface area contributed by atoms with Crippen molar-refractivity contribution in [2.24, 2.45) is 11.3 Å². The molecule has 1 aromatic rings. The van der Waals surface area contributed by atoms with Crippen LogP contribution in [0.3, 0.4) is 0 Å². The summed E-state index contributed by atoms with van der Waals surface area (Å²) in [7, 11) is 0. The molecule has 1 saturated carbocycles. The van der Waals surface area contributed by atoms with Crippen LogP contribution in [0, 0.1) is 11.3 Å². The Bertz CT molecular complexity index is 640. The molecule has 0 aromatic heterocycles. The lowest BCUT2D eigenvalue weighted by Crippen LogP contribution is -2.36. The van der Waals surface area contributed by atoms with E-state index in [2.05, 4.69) is 4.90 Å². The molecular weight excluding hydrogens is 371 g/mol. The third-order valence-corrected chi connectivity index (χ3v) is 5.42. The van der Waals surface area contributed by atoms with Gasteiger partial charge >= 0.3 is 12.1 Å². The number of carboxylic acid groups (broad SMARTS) is 1. The maximum absolute atomic E-state index is 12.7. The van der Waals surface area contributed by atoms with Gasteiger partial charge in [0.05, 0.1) is 17.6 Å². The summed E-state index contributed by atoms with van der Waals surface area (Å²) in [6.45, 7) is 2.36. The van der Waals surface area contributed by atoms with Crippen molar-refractivity contribution in [3.8, 4) is 5.75 Å². The predicted molar refractivity (Wildman–Crippen MR) is 92.7 cm³/mol. The van der Waals surface area contributed by atoms with E-state index in [1.807, 2.05) is 0 Å². The van der Waals surface area contributed by atoms with Crippen LogP contribution in [0.15, 0.2) is 24.3 Å². The molecule has 0 bridgehead atoms. The second-order valence-corrected chi connectivity index (χ2v) is 7.01. The average molecular weight is 394 g/mol. The van der Waals surface area contributed by atoms with Crippen molar-refractivity contribution in [2.75, 3.05) is 26.2 Å². The number of ether oxygens (including phenoxy) is 1. The fourth-order valence-corrected chi connectivity index (χ4v) is 4.15. The van der Waals surface area contributed by atoms with Gasteiger partial charge in [0, 0.05) is 19.6 Å². The molecule has 0 amide bonds. The zero-order chi connectivity index (χ0) is 18.1. The van der Waals surface area contributed by atoms with Gasteiger partial charge in [0.25, 0.3) is 0 Å². The Labute approximate surface area is 156 Å². The van der Waals surface area contributed by atoms with Crippen molar-refractivity contribution >= 4 is 18.4 Å². The standard InChI is InChI=1S/C18H22F3NO3.ClH/c19-18(20,21)13-4-1-6-15(10-13)25-9-3-8-22-11-14-5-2-7-17(14,12-22)16(23)24;/h1,4,6,10,14H,2-3,5,7-9,11-12H2,(H,23,24);1H/t14-,17+;/m0./s1. The van der Waals surface area contributed by atoms with Gasteiger partial charge in [-0.15, -0.1) is 12.4 Å². The zero-order valence-electron chi connectivity index (χ0n) is 14.3. The number of benzene rings is 1. The Hall–Kier alpha value is -1.47. The monoisotopic (exact) mass is 393 g/mol. The Morgan fingerprint density at radius 1 is 1.38 bits per heavy atom. The molecule has 8 heteroatoms. The van der Waals surface area contributed by atoms with Crippen LogP contribution in [0.2, 0.25) is 0 Å². The molecule has 2 aliphatic rings. The van der Waals surface area contributed by atoms with Gasteiger partial charge in [-0.2, -0.15) is 13.2 Å². The molecule has 1 heterocycles. The molecule has 2 atom stereocenters. The van der Waals surface area contributed by atoms with Gasteiger partial charge in [-0.1, -0.05) is 12.5 Å². The first-order chi connectivity index (χ1) is 11.8. The highest BCUT2D eigenvalue weighted by atomic mass is 35.5. The minimum Gasteiger partial charge on any atom is -0.494 e. The number of hydrogen-bond acceptors (Lipinski definition) is 3. The van der Waals surface area contributed by atoms with Crippen LogP contribution in [-0.2, 0) is 11.0 Å². The Balaban J connectivity index is 0.00000243. The van der Waals surface area contributed by atoms with Gasteiger partial charge in [0.2, 0.25) is 0 Å². The molecule has 2 fully saturated rings. The van der Waals surface area contributed by atoms with E-state index < -0.39 is 23.1 Å². The lowest BCUT2D eigenvalue weighted by atomic mass is 9.81. The van der Waals surface area contributed by atoms with E-state index in [0.717, 1.165) is 37.9 Å². The molecule has 0 unspecified atom stereocenters. The van der Waals surface area contributed by atoms with Gasteiger partial charge in [-0.25, -0.2) is 0 Å². The fraction of sp³-hybridized carbons (Fsp3) is 0.611. The number of likely N-dealkylation sites (tertiary alicyclic amines) is 1. The summed E-state index contributed by atoms with van der Waals surface area (Å²) in [5.74, 6) is -0.276. The van der Waals surface area contributed by atoms with E-state index in [9.17, 15) is 23.1 Å². The van der Waals surface area contributed by atoms with Crippen molar-refractivity contribution in [1.82, 2.24) is 4.90 Å². The maximum Gasteiger partial charge on any atom is 0.416 e. The molecule has 26 heavy (non-hydrogen) atoms. The minimum atomic E-state index is -4.38.